The van der Waals surface area contributed by atoms with Crippen LogP contribution in [0.2, 0.25) is 0 Å². The van der Waals surface area contributed by atoms with Crippen molar-refractivity contribution in [1.82, 2.24) is 9.97 Å². The Labute approximate surface area is 96.3 Å². The van der Waals surface area contributed by atoms with Gasteiger partial charge in [-0.25, -0.2) is 4.98 Å². The van der Waals surface area contributed by atoms with Gasteiger partial charge in [0.1, 0.15) is 5.82 Å². The smallest absolute Gasteiger partial charge is 0.226 e. The lowest BCUT2D eigenvalue weighted by Gasteiger charge is -2.23. The molecule has 0 spiro atoms. The Bertz CT molecular complexity index is 308. The summed E-state index contributed by atoms with van der Waals surface area (Å²) in [5.74, 6) is 1.56. The molecule has 1 heterocycles. The van der Waals surface area contributed by atoms with Crippen molar-refractivity contribution in [2.24, 2.45) is 11.5 Å². The molecule has 4 N–H and O–H groups in total. The third-order valence-corrected chi connectivity index (χ3v) is 2.15. The van der Waals surface area contributed by atoms with Crippen LogP contribution in [0, 0.1) is 0 Å². The fourth-order valence-electron chi connectivity index (χ4n) is 1.38. The Hall–Kier alpha value is -1.40. The Balaban J connectivity index is 2.86. The normalized spacial score (nSPS) is 10.2. The summed E-state index contributed by atoms with van der Waals surface area (Å²) >= 11 is 0. The quantitative estimate of drug-likeness (QED) is 0.662. The second kappa shape index (κ2) is 6.24. The molecular weight excluding hydrogens is 204 g/mol. The maximum absolute atomic E-state index is 5.56. The van der Waals surface area contributed by atoms with Gasteiger partial charge in [0.25, 0.3) is 0 Å². The molecule has 1 aromatic heterocycles. The number of hydrogen-bond donors (Lipinski definition) is 2. The first-order chi connectivity index (χ1) is 7.69. The molecule has 0 saturated heterocycles. The summed E-state index contributed by atoms with van der Waals surface area (Å²) in [5, 5.41) is 0. The largest absolute Gasteiger partial charge is 0.354 e. The van der Waals surface area contributed by atoms with Gasteiger partial charge in [-0.05, 0) is 6.07 Å². The van der Waals surface area contributed by atoms with Crippen LogP contribution in [0.15, 0.2) is 12.3 Å². The van der Waals surface area contributed by atoms with Gasteiger partial charge in [0.2, 0.25) is 5.95 Å². The van der Waals surface area contributed by atoms with Crippen LogP contribution < -0.4 is 21.3 Å². The van der Waals surface area contributed by atoms with Crippen LogP contribution in [0.1, 0.15) is 0 Å². The maximum atomic E-state index is 5.56. The van der Waals surface area contributed by atoms with Gasteiger partial charge in [-0.3, -0.25) is 0 Å². The molecule has 0 aliphatic heterocycles. The number of anilines is 2. The fourth-order valence-corrected chi connectivity index (χ4v) is 1.38. The average Bonchev–Trinajstić information content (AvgIpc) is 2.29. The highest BCUT2D eigenvalue weighted by Crippen LogP contribution is 2.12. The van der Waals surface area contributed by atoms with E-state index in [1.54, 1.807) is 6.20 Å². The minimum absolute atomic E-state index is 0.585. The van der Waals surface area contributed by atoms with Gasteiger partial charge >= 0.3 is 0 Å². The molecular formula is C10H20N6. The monoisotopic (exact) mass is 224 g/mol. The van der Waals surface area contributed by atoms with Crippen LogP contribution in [0.4, 0.5) is 11.8 Å². The zero-order valence-corrected chi connectivity index (χ0v) is 9.93. The predicted octanol–water partition coefficient (Wildman–Crippen LogP) is -0.734. The first kappa shape index (κ1) is 12.7. The lowest BCUT2D eigenvalue weighted by atomic mass is 10.4. The molecule has 6 heteroatoms. The van der Waals surface area contributed by atoms with E-state index in [0.717, 1.165) is 18.9 Å². The molecule has 6 nitrogen and oxygen atoms in total. The van der Waals surface area contributed by atoms with Crippen molar-refractivity contribution in [3.63, 3.8) is 0 Å². The zero-order chi connectivity index (χ0) is 12.0. The van der Waals surface area contributed by atoms with Crippen molar-refractivity contribution in [2.75, 3.05) is 50.1 Å². The molecule has 0 bridgehead atoms. The van der Waals surface area contributed by atoms with Crippen molar-refractivity contribution in [1.29, 1.82) is 0 Å². The molecule has 0 aliphatic carbocycles. The van der Waals surface area contributed by atoms with Gasteiger partial charge < -0.3 is 21.3 Å². The van der Waals surface area contributed by atoms with E-state index in [9.17, 15) is 0 Å². The number of nitrogens with two attached hydrogens (primary N) is 2. The summed E-state index contributed by atoms with van der Waals surface area (Å²) in [4.78, 5) is 12.5. The summed E-state index contributed by atoms with van der Waals surface area (Å²) in [7, 11) is 3.82. The minimum Gasteiger partial charge on any atom is -0.354 e. The number of rotatable bonds is 6. The van der Waals surface area contributed by atoms with Crippen LogP contribution >= 0.6 is 0 Å². The second-order valence-corrected chi connectivity index (χ2v) is 3.67. The Kier molecular flexibility index (Phi) is 4.94. The van der Waals surface area contributed by atoms with Crippen molar-refractivity contribution in [2.45, 2.75) is 0 Å². The summed E-state index contributed by atoms with van der Waals surface area (Å²) in [6.45, 7) is 2.67. The Morgan fingerprint density at radius 1 is 1.19 bits per heavy atom. The van der Waals surface area contributed by atoms with E-state index in [0.29, 0.717) is 19.0 Å². The molecule has 0 unspecified atom stereocenters. The van der Waals surface area contributed by atoms with Crippen LogP contribution in [0.5, 0.6) is 0 Å². The highest BCUT2D eigenvalue weighted by molar-refractivity contribution is 5.43. The molecule has 90 valence electrons. The lowest BCUT2D eigenvalue weighted by molar-refractivity contribution is 0.766. The SMILES string of the molecule is CN(C)c1nccc(N(CCN)CCN)n1. The van der Waals surface area contributed by atoms with Crippen molar-refractivity contribution in [3.05, 3.63) is 12.3 Å². The van der Waals surface area contributed by atoms with E-state index in [-0.39, 0.29) is 0 Å². The predicted molar refractivity (Wildman–Crippen MR) is 66.7 cm³/mol. The summed E-state index contributed by atoms with van der Waals surface area (Å²) < 4.78 is 0. The third kappa shape index (κ3) is 3.32. The maximum Gasteiger partial charge on any atom is 0.226 e. The van der Waals surface area contributed by atoms with Crippen LogP contribution in [0.3, 0.4) is 0 Å². The summed E-state index contributed by atoms with van der Waals surface area (Å²) in [5.41, 5.74) is 11.1. The highest BCUT2D eigenvalue weighted by Gasteiger charge is 2.08. The molecule has 0 atom stereocenters. The number of hydrogen-bond acceptors (Lipinski definition) is 6. The third-order valence-electron chi connectivity index (χ3n) is 2.15. The van der Waals surface area contributed by atoms with Gasteiger partial charge in [0.05, 0.1) is 0 Å². The van der Waals surface area contributed by atoms with Gasteiger partial charge in [0.15, 0.2) is 0 Å². The molecule has 0 aromatic carbocycles. The van der Waals surface area contributed by atoms with Crippen LogP contribution in [0.25, 0.3) is 0 Å². The molecule has 16 heavy (non-hydrogen) atoms. The highest BCUT2D eigenvalue weighted by atomic mass is 15.3. The van der Waals surface area contributed by atoms with Gasteiger partial charge in [-0.2, -0.15) is 4.98 Å². The van der Waals surface area contributed by atoms with E-state index in [1.807, 2.05) is 25.1 Å². The van der Waals surface area contributed by atoms with Crippen LogP contribution in [-0.2, 0) is 0 Å². The lowest BCUT2D eigenvalue weighted by Crippen LogP contribution is -2.34. The molecule has 0 radical (unpaired) electrons. The van der Waals surface area contributed by atoms with E-state index in [2.05, 4.69) is 14.9 Å². The molecule has 1 aromatic rings. The molecule has 0 aliphatic rings. The first-order valence-electron chi connectivity index (χ1n) is 5.34. The minimum atomic E-state index is 0.585. The molecule has 1 rings (SSSR count). The number of nitrogens with zero attached hydrogens (tertiary/aromatic N) is 4. The topological polar surface area (TPSA) is 84.3 Å². The van der Waals surface area contributed by atoms with Crippen molar-refractivity contribution < 1.29 is 0 Å². The number of aromatic nitrogens is 2. The second-order valence-electron chi connectivity index (χ2n) is 3.67. The van der Waals surface area contributed by atoms with Crippen molar-refractivity contribution in [3.8, 4) is 0 Å². The average molecular weight is 224 g/mol. The summed E-state index contributed by atoms with van der Waals surface area (Å²) in [6.07, 6.45) is 1.75. The fraction of sp³-hybridized carbons (Fsp3) is 0.600. The molecule has 0 saturated carbocycles. The van der Waals surface area contributed by atoms with E-state index < -0.39 is 0 Å². The first-order valence-corrected chi connectivity index (χ1v) is 5.34. The van der Waals surface area contributed by atoms with Crippen molar-refractivity contribution >= 4 is 11.8 Å². The molecule has 0 amide bonds. The van der Waals surface area contributed by atoms with Gasteiger partial charge in [-0.15, -0.1) is 0 Å². The van der Waals surface area contributed by atoms with E-state index in [1.165, 1.54) is 0 Å². The standard InChI is InChI=1S/C10H20N6/c1-15(2)10-13-6-3-9(14-10)16(7-4-11)8-5-12/h3,6H,4-5,7-8,11-12H2,1-2H3. The Morgan fingerprint density at radius 2 is 1.81 bits per heavy atom. The summed E-state index contributed by atoms with van der Waals surface area (Å²) in [6, 6.07) is 1.87. The zero-order valence-electron chi connectivity index (χ0n) is 9.93. The Morgan fingerprint density at radius 3 is 2.31 bits per heavy atom. The van der Waals surface area contributed by atoms with E-state index >= 15 is 0 Å². The van der Waals surface area contributed by atoms with Gasteiger partial charge in [0, 0.05) is 46.5 Å². The van der Waals surface area contributed by atoms with Gasteiger partial charge in [-0.1, -0.05) is 0 Å². The van der Waals surface area contributed by atoms with Crippen LogP contribution in [-0.4, -0.2) is 50.2 Å². The molecule has 0 fully saturated rings. The van der Waals surface area contributed by atoms with E-state index in [4.69, 9.17) is 11.5 Å².